The van der Waals surface area contributed by atoms with Gasteiger partial charge in [-0.2, -0.15) is 13.2 Å². The Morgan fingerprint density at radius 1 is 0.943 bits per heavy atom. The van der Waals surface area contributed by atoms with E-state index >= 15 is 0 Å². The molecule has 3 rings (SSSR count). The van der Waals surface area contributed by atoms with Crippen LogP contribution >= 0.6 is 0 Å². The van der Waals surface area contributed by atoms with Crippen molar-refractivity contribution in [3.63, 3.8) is 0 Å². The minimum absolute atomic E-state index is 0.0910. The molecular formula is C29H32F3NO2. The van der Waals surface area contributed by atoms with Crippen molar-refractivity contribution < 1.29 is 22.7 Å². The standard InChI is InChI=1S/C29H32F3NO2/c1-5-6-7-26(20-8-10-21(11-9-20)27(33)34)35-23-16-17-24(25(18-23)29(30,31)32)19-12-14-22(15-13-19)28(2,3)4/h8-18,26H,5-7H2,1-4H3,(H2,33,34). The van der Waals surface area contributed by atoms with Crippen LogP contribution in [0.25, 0.3) is 11.1 Å². The van der Waals surface area contributed by atoms with Crippen LogP contribution in [0.1, 0.15) is 80.1 Å². The van der Waals surface area contributed by atoms with Gasteiger partial charge in [-0.05, 0) is 64.8 Å². The summed E-state index contributed by atoms with van der Waals surface area (Å²) in [6.07, 6.45) is -2.61. The molecule has 0 heterocycles. The van der Waals surface area contributed by atoms with Crippen LogP contribution in [0.5, 0.6) is 5.75 Å². The Balaban J connectivity index is 1.95. The van der Waals surface area contributed by atoms with E-state index < -0.39 is 23.8 Å². The van der Waals surface area contributed by atoms with Gasteiger partial charge in [0.2, 0.25) is 5.91 Å². The number of amides is 1. The topological polar surface area (TPSA) is 52.3 Å². The first-order valence-electron chi connectivity index (χ1n) is 11.8. The van der Waals surface area contributed by atoms with E-state index in [9.17, 15) is 18.0 Å². The lowest BCUT2D eigenvalue weighted by Crippen LogP contribution is -2.13. The summed E-state index contributed by atoms with van der Waals surface area (Å²) < 4.78 is 48.3. The number of carbonyl (C=O) groups excluding carboxylic acids is 1. The van der Waals surface area contributed by atoms with Gasteiger partial charge in [0.05, 0.1) is 5.56 Å². The second-order valence-corrected chi connectivity index (χ2v) is 9.77. The summed E-state index contributed by atoms with van der Waals surface area (Å²) in [5, 5.41) is 0. The van der Waals surface area contributed by atoms with Gasteiger partial charge >= 0.3 is 6.18 Å². The van der Waals surface area contributed by atoms with E-state index in [0.29, 0.717) is 17.5 Å². The number of carbonyl (C=O) groups is 1. The Labute approximate surface area is 205 Å². The molecule has 0 saturated heterocycles. The lowest BCUT2D eigenvalue weighted by molar-refractivity contribution is -0.137. The lowest BCUT2D eigenvalue weighted by atomic mass is 9.86. The van der Waals surface area contributed by atoms with Crippen LogP contribution in [0, 0.1) is 0 Å². The second kappa shape index (κ2) is 10.5. The van der Waals surface area contributed by atoms with Gasteiger partial charge in [0, 0.05) is 5.56 Å². The third-order valence-corrected chi connectivity index (χ3v) is 6.02. The summed E-state index contributed by atoms with van der Waals surface area (Å²) in [6.45, 7) is 8.22. The van der Waals surface area contributed by atoms with Gasteiger partial charge in [-0.3, -0.25) is 4.79 Å². The van der Waals surface area contributed by atoms with Crippen molar-refractivity contribution in [1.29, 1.82) is 0 Å². The predicted octanol–water partition coefficient (Wildman–Crippen LogP) is 8.08. The van der Waals surface area contributed by atoms with Crippen LogP contribution in [-0.2, 0) is 11.6 Å². The molecule has 0 fully saturated rings. The fourth-order valence-corrected chi connectivity index (χ4v) is 3.94. The number of unbranched alkanes of at least 4 members (excludes halogenated alkanes) is 1. The van der Waals surface area contributed by atoms with Gasteiger partial charge in [-0.25, -0.2) is 0 Å². The van der Waals surface area contributed by atoms with E-state index in [1.807, 2.05) is 19.1 Å². The third-order valence-electron chi connectivity index (χ3n) is 6.02. The highest BCUT2D eigenvalue weighted by Gasteiger charge is 2.34. The van der Waals surface area contributed by atoms with Crippen molar-refractivity contribution in [2.75, 3.05) is 0 Å². The largest absolute Gasteiger partial charge is 0.486 e. The number of halogens is 3. The minimum Gasteiger partial charge on any atom is -0.486 e. The average Bonchev–Trinajstić information content (AvgIpc) is 2.80. The van der Waals surface area contributed by atoms with Crippen molar-refractivity contribution in [3.8, 4) is 16.9 Å². The molecule has 0 radical (unpaired) electrons. The van der Waals surface area contributed by atoms with Crippen molar-refractivity contribution in [2.45, 2.75) is 64.7 Å². The van der Waals surface area contributed by atoms with E-state index in [4.69, 9.17) is 10.5 Å². The van der Waals surface area contributed by atoms with Crippen LogP contribution in [0.2, 0.25) is 0 Å². The zero-order valence-electron chi connectivity index (χ0n) is 20.6. The fourth-order valence-electron chi connectivity index (χ4n) is 3.94. The molecule has 0 bridgehead atoms. The molecule has 1 amide bonds. The monoisotopic (exact) mass is 483 g/mol. The second-order valence-electron chi connectivity index (χ2n) is 9.77. The fraction of sp³-hybridized carbons (Fsp3) is 0.345. The molecule has 0 saturated carbocycles. The summed E-state index contributed by atoms with van der Waals surface area (Å²) in [5.74, 6) is -0.393. The molecule has 6 heteroatoms. The number of primary amides is 1. The lowest BCUT2D eigenvalue weighted by Gasteiger charge is -2.22. The molecule has 3 aromatic carbocycles. The van der Waals surface area contributed by atoms with Crippen LogP contribution in [0.3, 0.4) is 0 Å². The SMILES string of the molecule is CCCCC(Oc1ccc(-c2ccc(C(C)(C)C)cc2)c(C(F)(F)F)c1)c1ccc(C(N)=O)cc1. The third kappa shape index (κ3) is 6.65. The minimum atomic E-state index is -4.54. The van der Waals surface area contributed by atoms with Crippen molar-refractivity contribution in [3.05, 3.63) is 89.0 Å². The molecule has 35 heavy (non-hydrogen) atoms. The summed E-state index contributed by atoms with van der Waals surface area (Å²) in [6, 6.07) is 18.0. The Morgan fingerprint density at radius 2 is 1.57 bits per heavy atom. The molecule has 3 aromatic rings. The van der Waals surface area contributed by atoms with Crippen LogP contribution in [0.4, 0.5) is 13.2 Å². The highest BCUT2D eigenvalue weighted by Crippen LogP contribution is 2.40. The number of nitrogens with two attached hydrogens (primary N) is 1. The van der Waals surface area contributed by atoms with Gasteiger partial charge in [0.25, 0.3) is 0 Å². The number of hydrogen-bond acceptors (Lipinski definition) is 2. The maximum atomic E-state index is 14.1. The Hall–Kier alpha value is -3.28. The van der Waals surface area contributed by atoms with E-state index in [-0.39, 0.29) is 16.7 Å². The van der Waals surface area contributed by atoms with Crippen molar-refractivity contribution >= 4 is 5.91 Å². The zero-order chi connectivity index (χ0) is 25.8. The molecule has 186 valence electrons. The Kier molecular flexibility index (Phi) is 7.93. The Morgan fingerprint density at radius 3 is 2.09 bits per heavy atom. The van der Waals surface area contributed by atoms with Gasteiger partial charge < -0.3 is 10.5 Å². The van der Waals surface area contributed by atoms with E-state index in [0.717, 1.165) is 30.0 Å². The molecule has 0 aliphatic heterocycles. The molecule has 3 nitrogen and oxygen atoms in total. The highest BCUT2D eigenvalue weighted by molar-refractivity contribution is 5.92. The Bertz CT molecular complexity index is 1140. The molecular weight excluding hydrogens is 451 g/mol. The van der Waals surface area contributed by atoms with E-state index in [1.54, 1.807) is 42.5 Å². The van der Waals surface area contributed by atoms with Crippen molar-refractivity contribution in [1.82, 2.24) is 0 Å². The van der Waals surface area contributed by atoms with Gasteiger partial charge in [0.15, 0.2) is 0 Å². The maximum Gasteiger partial charge on any atom is 0.417 e. The normalized spacial score (nSPS) is 12.9. The predicted molar refractivity (Wildman–Crippen MR) is 133 cm³/mol. The zero-order valence-corrected chi connectivity index (χ0v) is 20.6. The molecule has 0 aliphatic rings. The van der Waals surface area contributed by atoms with Gasteiger partial charge in [-0.1, -0.05) is 76.6 Å². The summed E-state index contributed by atoms with van der Waals surface area (Å²) in [7, 11) is 0. The summed E-state index contributed by atoms with van der Waals surface area (Å²) in [5.41, 5.74) is 7.29. The molecule has 0 aromatic heterocycles. The van der Waals surface area contributed by atoms with E-state index in [1.165, 1.54) is 6.07 Å². The number of benzene rings is 3. The molecule has 1 unspecified atom stereocenters. The maximum absolute atomic E-state index is 14.1. The van der Waals surface area contributed by atoms with Crippen LogP contribution in [0.15, 0.2) is 66.7 Å². The highest BCUT2D eigenvalue weighted by atomic mass is 19.4. The number of hydrogen-bond donors (Lipinski definition) is 1. The van der Waals surface area contributed by atoms with Crippen molar-refractivity contribution in [2.24, 2.45) is 5.73 Å². The smallest absolute Gasteiger partial charge is 0.417 e. The van der Waals surface area contributed by atoms with Crippen LogP contribution in [-0.4, -0.2) is 5.91 Å². The van der Waals surface area contributed by atoms with Gasteiger partial charge in [-0.15, -0.1) is 0 Å². The summed E-state index contributed by atoms with van der Waals surface area (Å²) >= 11 is 0. The first kappa shape index (κ1) is 26.3. The average molecular weight is 484 g/mol. The first-order valence-corrected chi connectivity index (χ1v) is 11.8. The van der Waals surface area contributed by atoms with Crippen LogP contribution < -0.4 is 10.5 Å². The van der Waals surface area contributed by atoms with E-state index in [2.05, 4.69) is 20.8 Å². The van der Waals surface area contributed by atoms with Gasteiger partial charge in [0.1, 0.15) is 11.9 Å². The molecule has 0 aliphatic carbocycles. The molecule has 1 atom stereocenters. The molecule has 0 spiro atoms. The number of ether oxygens (including phenoxy) is 1. The number of alkyl halides is 3. The quantitative estimate of drug-likeness (QED) is 0.352. The summed E-state index contributed by atoms with van der Waals surface area (Å²) in [4.78, 5) is 11.4. The number of rotatable bonds is 8. The first-order chi connectivity index (χ1) is 16.4. The molecule has 2 N–H and O–H groups in total.